The van der Waals surface area contributed by atoms with Crippen LogP contribution >= 0.6 is 0 Å². The maximum absolute atomic E-state index is 12.9. The highest BCUT2D eigenvalue weighted by molar-refractivity contribution is 7.90. The Hall–Kier alpha value is -3.83. The fourth-order valence-corrected chi connectivity index (χ4v) is 3.65. The third-order valence-electron chi connectivity index (χ3n) is 4.65. The molecule has 0 spiro atoms. The summed E-state index contributed by atoms with van der Waals surface area (Å²) in [5, 5.41) is 0.427. The molecule has 0 saturated carbocycles. The molecule has 7 nitrogen and oxygen atoms in total. The molecule has 1 aromatic carbocycles. The predicted octanol–water partition coefficient (Wildman–Crippen LogP) is 2.23. The second-order valence-corrected chi connectivity index (χ2v) is 9.04. The predicted molar refractivity (Wildman–Crippen MR) is 117 cm³/mol. The molecule has 0 aliphatic rings. The van der Waals surface area contributed by atoms with Crippen molar-refractivity contribution in [1.82, 2.24) is 19.5 Å². The van der Waals surface area contributed by atoms with Gasteiger partial charge in [0.15, 0.2) is 9.84 Å². The van der Waals surface area contributed by atoms with E-state index in [4.69, 9.17) is 0 Å². The molecule has 0 aliphatic carbocycles. The maximum Gasteiger partial charge on any atom is 0.261 e. The van der Waals surface area contributed by atoms with Gasteiger partial charge in [0.2, 0.25) is 0 Å². The normalized spacial score (nSPS) is 11.1. The summed E-state index contributed by atoms with van der Waals surface area (Å²) in [6, 6.07) is 11.9. The van der Waals surface area contributed by atoms with Crippen LogP contribution in [0.3, 0.4) is 0 Å². The van der Waals surface area contributed by atoms with Crippen molar-refractivity contribution in [3.63, 3.8) is 0 Å². The zero-order valence-corrected chi connectivity index (χ0v) is 17.5. The van der Waals surface area contributed by atoms with Gasteiger partial charge in [0, 0.05) is 25.1 Å². The Morgan fingerprint density at radius 2 is 1.84 bits per heavy atom. The van der Waals surface area contributed by atoms with Crippen LogP contribution in [0.2, 0.25) is 0 Å². The first-order valence-electron chi connectivity index (χ1n) is 9.42. The van der Waals surface area contributed by atoms with E-state index in [9.17, 15) is 13.2 Å². The Balaban J connectivity index is 1.60. The Morgan fingerprint density at radius 1 is 1.03 bits per heavy atom. The minimum absolute atomic E-state index is 0.213. The van der Waals surface area contributed by atoms with Crippen molar-refractivity contribution in [2.24, 2.45) is 0 Å². The van der Waals surface area contributed by atoms with Crippen LogP contribution in [0.15, 0.2) is 77.1 Å². The molecule has 0 radical (unpaired) electrons. The average molecular weight is 430 g/mol. The van der Waals surface area contributed by atoms with Gasteiger partial charge < -0.3 is 0 Å². The Labute approximate surface area is 179 Å². The lowest BCUT2D eigenvalue weighted by Gasteiger charge is -2.07. The summed E-state index contributed by atoms with van der Waals surface area (Å²) in [5.41, 5.74) is 2.56. The zero-order valence-electron chi connectivity index (χ0n) is 16.7. The van der Waals surface area contributed by atoms with Crippen molar-refractivity contribution in [2.75, 3.05) is 6.26 Å². The van der Waals surface area contributed by atoms with E-state index in [2.05, 4.69) is 26.8 Å². The van der Waals surface area contributed by atoms with Gasteiger partial charge in [-0.15, -0.1) is 0 Å². The number of fused-ring (bicyclic) bond motifs is 1. The third kappa shape index (κ3) is 4.85. The Kier molecular flexibility index (Phi) is 5.60. The summed E-state index contributed by atoms with van der Waals surface area (Å²) in [4.78, 5) is 25.8. The van der Waals surface area contributed by atoms with Gasteiger partial charge in [0.1, 0.15) is 5.69 Å². The highest BCUT2D eigenvalue weighted by Gasteiger charge is 2.09. The first kappa shape index (κ1) is 20.4. The number of hydrogen-bond acceptors (Lipinski definition) is 6. The van der Waals surface area contributed by atoms with Crippen LogP contribution in [0, 0.1) is 11.8 Å². The minimum atomic E-state index is -3.26. The van der Waals surface area contributed by atoms with Gasteiger partial charge in [0.05, 0.1) is 34.9 Å². The summed E-state index contributed by atoms with van der Waals surface area (Å²) < 4.78 is 24.7. The SMILES string of the molecule is CS(=O)(=O)c1ccc(Cn2cnc3cnc(C#CCc4cccnc4)cc3c2=O)cc1. The average Bonchev–Trinajstić information content (AvgIpc) is 2.76. The number of nitrogens with zero attached hydrogens (tertiary/aromatic N) is 4. The van der Waals surface area contributed by atoms with E-state index in [1.807, 2.05) is 12.1 Å². The van der Waals surface area contributed by atoms with Gasteiger partial charge in [-0.1, -0.05) is 24.1 Å². The molecule has 4 aromatic rings. The molecular weight excluding hydrogens is 412 g/mol. The van der Waals surface area contributed by atoms with Gasteiger partial charge in [-0.2, -0.15) is 0 Å². The van der Waals surface area contributed by atoms with Crippen LogP contribution in [-0.4, -0.2) is 34.2 Å². The van der Waals surface area contributed by atoms with E-state index in [1.165, 1.54) is 29.2 Å². The van der Waals surface area contributed by atoms with E-state index in [1.54, 1.807) is 30.6 Å². The number of pyridine rings is 2. The summed E-state index contributed by atoms with van der Waals surface area (Å²) >= 11 is 0. The van der Waals surface area contributed by atoms with Crippen LogP contribution in [0.25, 0.3) is 10.9 Å². The standard InChI is InChI=1S/C23H18N4O3S/c1-31(29,30)20-9-7-18(8-10-20)15-27-16-26-22-14-25-19(12-21(22)23(27)28)6-2-4-17-5-3-11-24-13-17/h3,5,7-14,16H,4,15H2,1H3. The van der Waals surface area contributed by atoms with Gasteiger partial charge in [-0.25, -0.2) is 18.4 Å². The fourth-order valence-electron chi connectivity index (χ4n) is 3.02. The number of sulfone groups is 1. The number of aromatic nitrogens is 4. The fraction of sp³-hybridized carbons (Fsp3) is 0.130. The molecule has 0 atom stereocenters. The topological polar surface area (TPSA) is 94.8 Å². The van der Waals surface area contributed by atoms with Crippen molar-refractivity contribution in [2.45, 2.75) is 17.9 Å². The highest BCUT2D eigenvalue weighted by Crippen LogP contribution is 2.12. The van der Waals surface area contributed by atoms with Crippen molar-refractivity contribution < 1.29 is 8.42 Å². The van der Waals surface area contributed by atoms with Crippen LogP contribution in [0.1, 0.15) is 16.8 Å². The van der Waals surface area contributed by atoms with E-state index in [0.29, 0.717) is 23.0 Å². The van der Waals surface area contributed by atoms with Crippen molar-refractivity contribution >= 4 is 20.7 Å². The molecule has 31 heavy (non-hydrogen) atoms. The molecule has 4 rings (SSSR count). The molecule has 0 saturated heterocycles. The van der Waals surface area contributed by atoms with Crippen molar-refractivity contribution in [3.05, 3.63) is 94.6 Å². The lowest BCUT2D eigenvalue weighted by atomic mass is 10.2. The minimum Gasteiger partial charge on any atom is -0.294 e. The summed E-state index contributed by atoms with van der Waals surface area (Å²) in [5.74, 6) is 6.02. The third-order valence-corrected chi connectivity index (χ3v) is 5.78. The highest BCUT2D eigenvalue weighted by atomic mass is 32.2. The summed E-state index contributed by atoms with van der Waals surface area (Å²) in [6.07, 6.45) is 8.16. The molecule has 0 aliphatic heterocycles. The smallest absolute Gasteiger partial charge is 0.261 e. The monoisotopic (exact) mass is 430 g/mol. The van der Waals surface area contributed by atoms with E-state index >= 15 is 0 Å². The summed E-state index contributed by atoms with van der Waals surface area (Å²) in [6.45, 7) is 0.274. The molecule has 0 bridgehead atoms. The van der Waals surface area contributed by atoms with E-state index in [0.717, 1.165) is 17.4 Å². The summed E-state index contributed by atoms with van der Waals surface area (Å²) in [7, 11) is -3.26. The Morgan fingerprint density at radius 3 is 2.55 bits per heavy atom. The number of rotatable bonds is 4. The lowest BCUT2D eigenvalue weighted by molar-refractivity contribution is 0.602. The van der Waals surface area contributed by atoms with E-state index in [-0.39, 0.29) is 17.0 Å². The second-order valence-electron chi connectivity index (χ2n) is 7.02. The van der Waals surface area contributed by atoms with E-state index < -0.39 is 9.84 Å². The Bertz CT molecular complexity index is 1470. The van der Waals surface area contributed by atoms with Crippen molar-refractivity contribution in [3.8, 4) is 11.8 Å². The molecule has 154 valence electrons. The van der Waals surface area contributed by atoms with Gasteiger partial charge in [-0.3, -0.25) is 14.3 Å². The quantitative estimate of drug-likeness (QED) is 0.461. The second kappa shape index (κ2) is 8.50. The van der Waals surface area contributed by atoms with Crippen LogP contribution in [0.4, 0.5) is 0 Å². The van der Waals surface area contributed by atoms with Gasteiger partial charge in [0.25, 0.3) is 5.56 Å². The molecular formula is C23H18N4O3S. The largest absolute Gasteiger partial charge is 0.294 e. The lowest BCUT2D eigenvalue weighted by Crippen LogP contribution is -2.21. The number of benzene rings is 1. The first-order chi connectivity index (χ1) is 14.9. The van der Waals surface area contributed by atoms with Crippen LogP contribution in [-0.2, 0) is 22.8 Å². The van der Waals surface area contributed by atoms with Crippen LogP contribution in [0.5, 0.6) is 0 Å². The number of hydrogen-bond donors (Lipinski definition) is 0. The van der Waals surface area contributed by atoms with Gasteiger partial charge >= 0.3 is 0 Å². The maximum atomic E-state index is 12.9. The molecule has 3 aromatic heterocycles. The van der Waals surface area contributed by atoms with Crippen molar-refractivity contribution in [1.29, 1.82) is 0 Å². The zero-order chi connectivity index (χ0) is 21.8. The van der Waals surface area contributed by atoms with Crippen LogP contribution < -0.4 is 5.56 Å². The molecule has 8 heteroatoms. The van der Waals surface area contributed by atoms with Gasteiger partial charge in [-0.05, 0) is 41.3 Å². The molecule has 3 heterocycles. The molecule has 0 unspecified atom stereocenters. The molecule has 0 N–H and O–H groups in total. The first-order valence-corrected chi connectivity index (χ1v) is 11.3. The molecule has 0 amide bonds. The molecule has 0 fully saturated rings.